The van der Waals surface area contributed by atoms with Crippen molar-refractivity contribution in [3.63, 3.8) is 0 Å². The van der Waals surface area contributed by atoms with Crippen LogP contribution in [0.4, 0.5) is 13.2 Å². The van der Waals surface area contributed by atoms with E-state index >= 15 is 0 Å². The first-order chi connectivity index (χ1) is 14.8. The van der Waals surface area contributed by atoms with Gasteiger partial charge in [-0.2, -0.15) is 23.4 Å². The zero-order valence-electron chi connectivity index (χ0n) is 17.0. The molecular formula is C20H22F3N7O. The Morgan fingerprint density at radius 1 is 1.13 bits per heavy atom. The highest BCUT2D eigenvalue weighted by Gasteiger charge is 2.38. The van der Waals surface area contributed by atoms with Crippen molar-refractivity contribution in [2.45, 2.75) is 31.5 Å². The normalized spacial score (nSPS) is 18.1. The Morgan fingerprint density at radius 2 is 1.87 bits per heavy atom. The molecule has 0 radical (unpaired) electrons. The zero-order chi connectivity index (χ0) is 21.8. The first-order valence-electron chi connectivity index (χ1n) is 10.2. The molecule has 0 unspecified atom stereocenters. The van der Waals surface area contributed by atoms with Crippen LogP contribution in [0.15, 0.2) is 24.7 Å². The second-order valence-corrected chi connectivity index (χ2v) is 8.22. The molecule has 3 aromatic rings. The number of alkyl halides is 3. The molecule has 2 fully saturated rings. The third-order valence-corrected chi connectivity index (χ3v) is 5.83. The molecule has 3 aromatic heterocycles. The van der Waals surface area contributed by atoms with E-state index < -0.39 is 11.9 Å². The molecule has 2 aliphatic rings. The van der Waals surface area contributed by atoms with Crippen LogP contribution >= 0.6 is 0 Å². The molecule has 5 rings (SSSR count). The molecule has 0 aromatic carbocycles. The van der Waals surface area contributed by atoms with Crippen molar-refractivity contribution >= 4 is 11.6 Å². The zero-order valence-corrected chi connectivity index (χ0v) is 17.0. The number of rotatable bonds is 4. The molecular weight excluding hydrogens is 411 g/mol. The van der Waals surface area contributed by atoms with E-state index in [0.29, 0.717) is 31.9 Å². The summed E-state index contributed by atoms with van der Waals surface area (Å²) >= 11 is 0. The summed E-state index contributed by atoms with van der Waals surface area (Å²) in [4.78, 5) is 21.4. The van der Waals surface area contributed by atoms with E-state index in [1.54, 1.807) is 9.58 Å². The monoisotopic (exact) mass is 433 g/mol. The fourth-order valence-electron chi connectivity index (χ4n) is 4.01. The molecule has 1 saturated heterocycles. The topological polar surface area (TPSA) is 71.6 Å². The summed E-state index contributed by atoms with van der Waals surface area (Å²) in [5.41, 5.74) is 0.699. The van der Waals surface area contributed by atoms with E-state index in [-0.39, 0.29) is 23.0 Å². The first kappa shape index (κ1) is 20.0. The lowest BCUT2D eigenvalue weighted by Crippen LogP contribution is -2.48. The summed E-state index contributed by atoms with van der Waals surface area (Å²) in [5.74, 6) is -0.301. The smallest absolute Gasteiger partial charge is 0.336 e. The number of aryl methyl sites for hydroxylation is 1. The van der Waals surface area contributed by atoms with Gasteiger partial charge in [0.1, 0.15) is 11.3 Å². The molecule has 8 nitrogen and oxygen atoms in total. The SMILES string of the molecule is Cn1cc(CN2CCN(C(=O)c3cnn4c(C(F)(F)F)cc(C5CC5)nc34)CC2)cn1. The van der Waals surface area contributed by atoms with E-state index in [4.69, 9.17) is 0 Å². The maximum atomic E-state index is 13.6. The predicted octanol–water partition coefficient (Wildman–Crippen LogP) is 2.32. The third-order valence-electron chi connectivity index (χ3n) is 5.83. The van der Waals surface area contributed by atoms with Crippen LogP contribution in [0.2, 0.25) is 0 Å². The highest BCUT2D eigenvalue weighted by molar-refractivity contribution is 5.99. The van der Waals surface area contributed by atoms with Crippen LogP contribution in [-0.2, 0) is 19.8 Å². The number of piperazine rings is 1. The number of halogens is 3. The van der Waals surface area contributed by atoms with E-state index in [1.165, 1.54) is 6.20 Å². The van der Waals surface area contributed by atoms with Gasteiger partial charge in [0.2, 0.25) is 0 Å². The van der Waals surface area contributed by atoms with Gasteiger partial charge in [-0.15, -0.1) is 0 Å². The van der Waals surface area contributed by atoms with Crippen molar-refractivity contribution in [2.24, 2.45) is 7.05 Å². The van der Waals surface area contributed by atoms with Gasteiger partial charge in [-0.1, -0.05) is 0 Å². The number of hydrogen-bond donors (Lipinski definition) is 0. The van der Waals surface area contributed by atoms with Crippen molar-refractivity contribution in [1.29, 1.82) is 0 Å². The molecule has 0 bridgehead atoms. The maximum Gasteiger partial charge on any atom is 0.433 e. The first-order valence-corrected chi connectivity index (χ1v) is 10.2. The summed E-state index contributed by atoms with van der Waals surface area (Å²) in [5, 5.41) is 8.03. The van der Waals surface area contributed by atoms with Gasteiger partial charge in [-0.25, -0.2) is 9.50 Å². The standard InChI is InChI=1S/C20H22F3N7O/c1-27-11-13(9-24-27)12-28-4-6-29(7-5-28)19(31)15-10-25-30-17(20(21,22)23)8-16(14-2-3-14)26-18(15)30/h8-11,14H,2-7,12H2,1H3. The molecule has 1 saturated carbocycles. The molecule has 1 aliphatic carbocycles. The lowest BCUT2D eigenvalue weighted by Gasteiger charge is -2.34. The number of hydrogen-bond acceptors (Lipinski definition) is 5. The van der Waals surface area contributed by atoms with Crippen LogP contribution in [-0.4, -0.2) is 66.3 Å². The summed E-state index contributed by atoms with van der Waals surface area (Å²) in [6, 6.07) is 1.06. The van der Waals surface area contributed by atoms with Crippen molar-refractivity contribution in [3.05, 3.63) is 47.2 Å². The van der Waals surface area contributed by atoms with Crippen LogP contribution < -0.4 is 0 Å². The number of carbonyl (C=O) groups excluding carboxylic acids is 1. The fourth-order valence-corrected chi connectivity index (χ4v) is 4.01. The Bertz CT molecular complexity index is 1120. The van der Waals surface area contributed by atoms with Gasteiger partial charge in [-0.05, 0) is 18.9 Å². The fraction of sp³-hybridized carbons (Fsp3) is 0.500. The molecule has 4 heterocycles. The van der Waals surface area contributed by atoms with Crippen molar-refractivity contribution in [1.82, 2.24) is 34.2 Å². The van der Waals surface area contributed by atoms with Gasteiger partial charge in [0.25, 0.3) is 5.91 Å². The highest BCUT2D eigenvalue weighted by Crippen LogP contribution is 2.41. The largest absolute Gasteiger partial charge is 0.433 e. The molecule has 31 heavy (non-hydrogen) atoms. The van der Waals surface area contributed by atoms with Crippen LogP contribution in [0, 0.1) is 0 Å². The number of amides is 1. The second kappa shape index (κ2) is 7.33. The van der Waals surface area contributed by atoms with Crippen LogP contribution in [0.25, 0.3) is 5.65 Å². The lowest BCUT2D eigenvalue weighted by atomic mass is 10.2. The van der Waals surface area contributed by atoms with Gasteiger partial charge >= 0.3 is 6.18 Å². The minimum absolute atomic E-state index is 0.0143. The molecule has 1 aliphatic heterocycles. The minimum atomic E-state index is -4.57. The van der Waals surface area contributed by atoms with Gasteiger partial charge in [0, 0.05) is 63.1 Å². The Balaban J connectivity index is 1.36. The van der Waals surface area contributed by atoms with Gasteiger partial charge in [0.05, 0.1) is 12.4 Å². The predicted molar refractivity (Wildman–Crippen MR) is 104 cm³/mol. The van der Waals surface area contributed by atoms with Crippen molar-refractivity contribution < 1.29 is 18.0 Å². The molecule has 0 N–H and O–H groups in total. The van der Waals surface area contributed by atoms with E-state index in [9.17, 15) is 18.0 Å². The quantitative estimate of drug-likeness (QED) is 0.632. The Kier molecular flexibility index (Phi) is 4.72. The maximum absolute atomic E-state index is 13.6. The van der Waals surface area contributed by atoms with E-state index in [1.807, 2.05) is 19.4 Å². The van der Waals surface area contributed by atoms with Gasteiger partial charge in [-0.3, -0.25) is 14.4 Å². The lowest BCUT2D eigenvalue weighted by molar-refractivity contribution is -0.142. The Morgan fingerprint density at radius 3 is 2.48 bits per heavy atom. The van der Waals surface area contributed by atoms with Crippen molar-refractivity contribution in [3.8, 4) is 0 Å². The van der Waals surface area contributed by atoms with Crippen LogP contribution in [0.5, 0.6) is 0 Å². The van der Waals surface area contributed by atoms with Gasteiger partial charge in [0.15, 0.2) is 5.65 Å². The summed E-state index contributed by atoms with van der Waals surface area (Å²) in [6.45, 7) is 3.08. The average Bonchev–Trinajstić information content (AvgIpc) is 3.38. The minimum Gasteiger partial charge on any atom is -0.336 e. The molecule has 1 amide bonds. The summed E-state index contributed by atoms with van der Waals surface area (Å²) < 4.78 is 43.2. The summed E-state index contributed by atoms with van der Waals surface area (Å²) in [7, 11) is 1.86. The number of fused-ring (bicyclic) bond motifs is 1. The molecule has 0 spiro atoms. The highest BCUT2D eigenvalue weighted by atomic mass is 19.4. The molecule has 0 atom stereocenters. The molecule has 11 heteroatoms. The Labute approximate surface area is 176 Å². The summed E-state index contributed by atoms with van der Waals surface area (Å²) in [6.07, 6.45) is 2.04. The second-order valence-electron chi connectivity index (χ2n) is 8.22. The Hall–Kier alpha value is -2.95. The third kappa shape index (κ3) is 3.89. The van der Waals surface area contributed by atoms with Crippen LogP contribution in [0.3, 0.4) is 0 Å². The van der Waals surface area contributed by atoms with Crippen LogP contribution in [0.1, 0.15) is 46.1 Å². The number of nitrogens with zero attached hydrogens (tertiary/aromatic N) is 7. The molecule has 164 valence electrons. The van der Waals surface area contributed by atoms with Gasteiger partial charge < -0.3 is 4.90 Å². The average molecular weight is 433 g/mol. The van der Waals surface area contributed by atoms with E-state index in [2.05, 4.69) is 20.1 Å². The van der Waals surface area contributed by atoms with Crippen molar-refractivity contribution in [2.75, 3.05) is 26.2 Å². The number of carbonyl (C=O) groups is 1. The van der Waals surface area contributed by atoms with E-state index in [0.717, 1.165) is 35.5 Å². The number of aromatic nitrogens is 5.